The topological polar surface area (TPSA) is 32.3 Å². The maximum absolute atomic E-state index is 12.7. The van der Waals surface area contributed by atoms with Gasteiger partial charge in [0, 0.05) is 29.1 Å². The van der Waals surface area contributed by atoms with Crippen LogP contribution in [0.4, 0.5) is 0 Å². The van der Waals surface area contributed by atoms with Gasteiger partial charge in [-0.15, -0.1) is 12.4 Å². The minimum atomic E-state index is 0. The monoisotopic (exact) mass is 376 g/mol. The third kappa shape index (κ3) is 4.33. The van der Waals surface area contributed by atoms with E-state index in [1.165, 1.54) is 6.42 Å². The van der Waals surface area contributed by atoms with Crippen LogP contribution in [0, 0.1) is 11.8 Å². The Balaban J connectivity index is 0.00000192. The van der Waals surface area contributed by atoms with Gasteiger partial charge >= 0.3 is 0 Å². The van der Waals surface area contributed by atoms with E-state index in [0.717, 1.165) is 38.0 Å². The summed E-state index contributed by atoms with van der Waals surface area (Å²) in [7, 11) is 1.97. The van der Waals surface area contributed by atoms with Crippen LogP contribution in [0.3, 0.4) is 0 Å². The summed E-state index contributed by atoms with van der Waals surface area (Å²) in [5.74, 6) is 1.25. The number of piperidine rings is 1. The molecule has 6 heteroatoms. The van der Waals surface area contributed by atoms with Crippen LogP contribution in [0.25, 0.3) is 0 Å². The highest BCUT2D eigenvalue weighted by atomic mass is 35.5. The van der Waals surface area contributed by atoms with E-state index < -0.39 is 0 Å². The van der Waals surface area contributed by atoms with Crippen molar-refractivity contribution in [2.24, 2.45) is 11.8 Å². The van der Waals surface area contributed by atoms with E-state index in [1.807, 2.05) is 19.2 Å². The Hall–Kier alpha value is -0.480. The summed E-state index contributed by atoms with van der Waals surface area (Å²) in [5, 5.41) is 4.54. The molecule has 3 rings (SSSR count). The number of carbonyl (C=O) groups is 1. The second-order valence-electron chi connectivity index (χ2n) is 6.46. The maximum Gasteiger partial charge on any atom is 0.226 e. The van der Waals surface area contributed by atoms with Crippen LogP contribution in [0.15, 0.2) is 18.2 Å². The predicted molar refractivity (Wildman–Crippen MR) is 97.8 cm³/mol. The van der Waals surface area contributed by atoms with Gasteiger partial charge in [-0.3, -0.25) is 4.79 Å². The van der Waals surface area contributed by atoms with Crippen LogP contribution in [0.5, 0.6) is 0 Å². The molecule has 3 unspecified atom stereocenters. The largest absolute Gasteiger partial charge is 0.342 e. The van der Waals surface area contributed by atoms with E-state index in [9.17, 15) is 4.79 Å². The van der Waals surface area contributed by atoms with Crippen LogP contribution in [0.2, 0.25) is 10.0 Å². The van der Waals surface area contributed by atoms with Gasteiger partial charge in [0.25, 0.3) is 0 Å². The lowest BCUT2D eigenvalue weighted by Gasteiger charge is -2.33. The number of amides is 1. The van der Waals surface area contributed by atoms with Crippen molar-refractivity contribution in [1.82, 2.24) is 10.2 Å². The molecule has 1 amide bonds. The average molecular weight is 378 g/mol. The standard InChI is InChI=1S/C17H22Cl2N2O.ClH/c1-20-9-11-3-2-6-21(10-11)17(22)15-8-14(15)13-5-4-12(18)7-16(13)19;/h4-5,7,11,14-15,20H,2-3,6,8-10H2,1H3;1H. The van der Waals surface area contributed by atoms with E-state index in [0.29, 0.717) is 21.9 Å². The summed E-state index contributed by atoms with van der Waals surface area (Å²) in [5.41, 5.74) is 1.06. The maximum atomic E-state index is 12.7. The highest BCUT2D eigenvalue weighted by Crippen LogP contribution is 2.51. The Morgan fingerprint density at radius 2 is 2.17 bits per heavy atom. The Kier molecular flexibility index (Phi) is 6.61. The van der Waals surface area contributed by atoms with Crippen LogP contribution < -0.4 is 5.32 Å². The van der Waals surface area contributed by atoms with Crippen molar-refractivity contribution < 1.29 is 4.79 Å². The molecule has 1 N–H and O–H groups in total. The van der Waals surface area contributed by atoms with E-state index in [4.69, 9.17) is 23.2 Å². The Bertz CT molecular complexity index is 565. The molecular weight excluding hydrogens is 355 g/mol. The zero-order valence-corrected chi connectivity index (χ0v) is 15.6. The van der Waals surface area contributed by atoms with Crippen LogP contribution in [-0.2, 0) is 4.79 Å². The number of nitrogens with one attached hydrogen (secondary N) is 1. The molecule has 1 aromatic carbocycles. The predicted octanol–water partition coefficient (Wildman–Crippen LogP) is 3.98. The van der Waals surface area contributed by atoms with Gasteiger partial charge in [-0.25, -0.2) is 0 Å². The third-order valence-electron chi connectivity index (χ3n) is 4.79. The van der Waals surface area contributed by atoms with Crippen molar-refractivity contribution in [3.05, 3.63) is 33.8 Å². The summed E-state index contributed by atoms with van der Waals surface area (Å²) < 4.78 is 0. The molecular formula is C17H23Cl3N2O. The molecule has 3 nitrogen and oxygen atoms in total. The SMILES string of the molecule is CNCC1CCCN(C(=O)C2CC2c2ccc(Cl)cc2Cl)C1.Cl. The van der Waals surface area contributed by atoms with E-state index in [-0.39, 0.29) is 24.2 Å². The minimum Gasteiger partial charge on any atom is -0.342 e. The molecule has 2 aliphatic rings. The van der Waals surface area contributed by atoms with Crippen molar-refractivity contribution in [1.29, 1.82) is 0 Å². The summed E-state index contributed by atoms with van der Waals surface area (Å²) in [6, 6.07) is 5.58. The van der Waals surface area contributed by atoms with Crippen LogP contribution >= 0.6 is 35.6 Å². The second-order valence-corrected chi connectivity index (χ2v) is 7.31. The molecule has 1 saturated carbocycles. The van der Waals surface area contributed by atoms with E-state index in [2.05, 4.69) is 10.2 Å². The zero-order chi connectivity index (χ0) is 15.7. The second kappa shape index (κ2) is 8.06. The first-order chi connectivity index (χ1) is 10.6. The molecule has 1 saturated heterocycles. The first-order valence-electron chi connectivity index (χ1n) is 7.98. The Morgan fingerprint density at radius 1 is 1.39 bits per heavy atom. The van der Waals surface area contributed by atoms with Gasteiger partial charge in [0.05, 0.1) is 0 Å². The molecule has 0 aromatic heterocycles. The van der Waals surface area contributed by atoms with E-state index >= 15 is 0 Å². The molecule has 1 aliphatic carbocycles. The number of likely N-dealkylation sites (tertiary alicyclic amines) is 1. The Morgan fingerprint density at radius 3 is 2.87 bits per heavy atom. The fraction of sp³-hybridized carbons (Fsp3) is 0.588. The van der Waals surface area contributed by atoms with Crippen molar-refractivity contribution in [3.63, 3.8) is 0 Å². The normalized spacial score (nSPS) is 26.6. The minimum absolute atomic E-state index is 0. The molecule has 2 fully saturated rings. The van der Waals surface area contributed by atoms with Gasteiger partial charge in [-0.1, -0.05) is 29.3 Å². The van der Waals surface area contributed by atoms with Crippen molar-refractivity contribution in [3.8, 4) is 0 Å². The molecule has 1 aromatic rings. The van der Waals surface area contributed by atoms with Crippen molar-refractivity contribution >= 4 is 41.5 Å². The number of nitrogens with zero attached hydrogens (tertiary/aromatic N) is 1. The van der Waals surface area contributed by atoms with Gasteiger partial charge in [0.2, 0.25) is 5.91 Å². The van der Waals surface area contributed by atoms with Crippen LogP contribution in [0.1, 0.15) is 30.7 Å². The van der Waals surface area contributed by atoms with Crippen molar-refractivity contribution in [2.45, 2.75) is 25.2 Å². The molecule has 23 heavy (non-hydrogen) atoms. The highest BCUT2D eigenvalue weighted by molar-refractivity contribution is 6.35. The fourth-order valence-electron chi connectivity index (χ4n) is 3.57. The van der Waals surface area contributed by atoms with Crippen molar-refractivity contribution in [2.75, 3.05) is 26.7 Å². The van der Waals surface area contributed by atoms with Gasteiger partial charge in [-0.2, -0.15) is 0 Å². The van der Waals surface area contributed by atoms with Gasteiger partial charge in [-0.05, 0) is 62.4 Å². The van der Waals surface area contributed by atoms with Gasteiger partial charge < -0.3 is 10.2 Å². The molecule has 0 spiro atoms. The van der Waals surface area contributed by atoms with E-state index in [1.54, 1.807) is 6.07 Å². The molecule has 3 atom stereocenters. The lowest BCUT2D eigenvalue weighted by atomic mass is 9.97. The average Bonchev–Trinajstić information content (AvgIpc) is 3.27. The molecule has 0 bridgehead atoms. The number of hydrogen-bond donors (Lipinski definition) is 1. The first kappa shape index (κ1) is 18.9. The smallest absolute Gasteiger partial charge is 0.226 e. The first-order valence-corrected chi connectivity index (χ1v) is 8.74. The molecule has 1 aliphatic heterocycles. The third-order valence-corrected chi connectivity index (χ3v) is 5.36. The van der Waals surface area contributed by atoms with Crippen LogP contribution in [-0.4, -0.2) is 37.5 Å². The summed E-state index contributed by atoms with van der Waals surface area (Å²) in [4.78, 5) is 14.8. The summed E-state index contributed by atoms with van der Waals surface area (Å²) in [6.45, 7) is 2.77. The summed E-state index contributed by atoms with van der Waals surface area (Å²) in [6.07, 6.45) is 3.23. The summed E-state index contributed by atoms with van der Waals surface area (Å²) >= 11 is 12.2. The number of carbonyl (C=O) groups excluding carboxylic acids is 1. The number of rotatable bonds is 4. The van der Waals surface area contributed by atoms with Gasteiger partial charge in [0.15, 0.2) is 0 Å². The number of benzene rings is 1. The highest BCUT2D eigenvalue weighted by Gasteiger charge is 2.47. The Labute approximate surface area is 154 Å². The lowest BCUT2D eigenvalue weighted by molar-refractivity contribution is -0.134. The van der Waals surface area contributed by atoms with Gasteiger partial charge in [0.1, 0.15) is 0 Å². The molecule has 128 valence electrons. The zero-order valence-electron chi connectivity index (χ0n) is 13.2. The lowest BCUT2D eigenvalue weighted by Crippen LogP contribution is -2.43. The quantitative estimate of drug-likeness (QED) is 0.861. The number of halogens is 3. The molecule has 1 heterocycles. The number of hydrogen-bond acceptors (Lipinski definition) is 2. The fourth-order valence-corrected chi connectivity index (χ4v) is 4.12. The molecule has 0 radical (unpaired) electrons.